The molecule has 2 aliphatic carbocycles. The van der Waals surface area contributed by atoms with E-state index in [4.69, 9.17) is 11.6 Å². The minimum Gasteiger partial charge on any atom is -0.480 e. The molecule has 2 aliphatic rings. The van der Waals surface area contributed by atoms with E-state index in [9.17, 15) is 9.90 Å². The van der Waals surface area contributed by atoms with Crippen molar-refractivity contribution in [3.8, 4) is 0 Å². The number of aromatic nitrogens is 1. The molecule has 2 unspecified atom stereocenters. The van der Waals surface area contributed by atoms with Gasteiger partial charge in [-0.3, -0.25) is 10.1 Å². The van der Waals surface area contributed by atoms with Crippen molar-refractivity contribution in [2.75, 3.05) is 0 Å². The van der Waals surface area contributed by atoms with E-state index in [0.29, 0.717) is 17.5 Å². The van der Waals surface area contributed by atoms with Gasteiger partial charge in [0, 0.05) is 17.5 Å². The molecule has 1 aromatic rings. The topological polar surface area (TPSA) is 62.2 Å². The molecular formula is C15H19ClN2O2S. The van der Waals surface area contributed by atoms with E-state index in [1.165, 1.54) is 0 Å². The summed E-state index contributed by atoms with van der Waals surface area (Å²) < 4.78 is 0. The van der Waals surface area contributed by atoms with Gasteiger partial charge in [-0.1, -0.05) is 11.6 Å². The van der Waals surface area contributed by atoms with Crippen molar-refractivity contribution in [1.82, 2.24) is 10.3 Å². The van der Waals surface area contributed by atoms with Crippen LogP contribution in [0.25, 0.3) is 0 Å². The molecule has 2 atom stereocenters. The van der Waals surface area contributed by atoms with E-state index < -0.39 is 11.5 Å². The van der Waals surface area contributed by atoms with E-state index in [0.717, 1.165) is 37.1 Å². The Morgan fingerprint density at radius 3 is 2.86 bits per heavy atom. The third kappa shape index (κ3) is 3.71. The van der Waals surface area contributed by atoms with Gasteiger partial charge < -0.3 is 5.11 Å². The Balaban J connectivity index is 1.68. The predicted octanol–water partition coefficient (Wildman–Crippen LogP) is 3.35. The number of carboxylic acid groups (broad SMARTS) is 1. The number of nitrogens with one attached hydrogen (secondary N) is 1. The van der Waals surface area contributed by atoms with E-state index in [-0.39, 0.29) is 5.25 Å². The summed E-state index contributed by atoms with van der Waals surface area (Å²) in [4.78, 5) is 16.1. The molecule has 0 spiro atoms. The van der Waals surface area contributed by atoms with Crippen molar-refractivity contribution in [2.45, 2.75) is 60.4 Å². The molecule has 0 radical (unpaired) electrons. The molecule has 4 nitrogen and oxygen atoms in total. The zero-order chi connectivity index (χ0) is 14.9. The molecule has 21 heavy (non-hydrogen) atoms. The van der Waals surface area contributed by atoms with E-state index in [1.807, 2.05) is 12.1 Å². The third-order valence-corrected chi connectivity index (χ3v) is 5.60. The zero-order valence-corrected chi connectivity index (χ0v) is 13.3. The smallest absolute Gasteiger partial charge is 0.323 e. The molecule has 114 valence electrons. The van der Waals surface area contributed by atoms with E-state index >= 15 is 0 Å². The van der Waals surface area contributed by atoms with Gasteiger partial charge in [0.05, 0.1) is 10.0 Å². The van der Waals surface area contributed by atoms with Crippen LogP contribution in [0, 0.1) is 0 Å². The molecule has 2 fully saturated rings. The lowest BCUT2D eigenvalue weighted by Gasteiger charge is -2.38. The molecule has 1 aromatic heterocycles. The summed E-state index contributed by atoms with van der Waals surface area (Å²) in [5, 5.41) is 14.9. The van der Waals surface area contributed by atoms with Crippen LogP contribution >= 0.6 is 23.4 Å². The molecule has 2 N–H and O–H groups in total. The summed E-state index contributed by atoms with van der Waals surface area (Å²) >= 11 is 7.51. The quantitative estimate of drug-likeness (QED) is 0.869. The van der Waals surface area contributed by atoms with Crippen LogP contribution in [0.15, 0.2) is 23.4 Å². The maximum atomic E-state index is 11.8. The molecule has 0 bridgehead atoms. The normalized spacial score (nSPS) is 29.3. The lowest BCUT2D eigenvalue weighted by atomic mass is 9.81. The first kappa shape index (κ1) is 15.1. The lowest BCUT2D eigenvalue weighted by molar-refractivity contribution is -0.146. The van der Waals surface area contributed by atoms with Crippen molar-refractivity contribution in [1.29, 1.82) is 0 Å². The number of rotatable bonds is 5. The maximum Gasteiger partial charge on any atom is 0.323 e. The van der Waals surface area contributed by atoms with Gasteiger partial charge in [0.15, 0.2) is 0 Å². The number of halogens is 1. The minimum atomic E-state index is -0.747. The SMILES string of the molecule is O=C(O)C1(NC2CC2)CCCC(Sc2ccc(Cl)cn2)C1. The van der Waals surface area contributed by atoms with Crippen molar-refractivity contribution >= 4 is 29.3 Å². The van der Waals surface area contributed by atoms with Crippen molar-refractivity contribution in [3.05, 3.63) is 23.4 Å². The highest BCUT2D eigenvalue weighted by Crippen LogP contribution is 2.39. The number of pyridine rings is 1. The van der Waals surface area contributed by atoms with Crippen LogP contribution in [-0.2, 0) is 4.79 Å². The Labute approximate surface area is 133 Å². The van der Waals surface area contributed by atoms with Crippen molar-refractivity contribution in [3.63, 3.8) is 0 Å². The number of nitrogens with zero attached hydrogens (tertiary/aromatic N) is 1. The third-order valence-electron chi connectivity index (χ3n) is 4.16. The molecule has 3 rings (SSSR count). The summed E-state index contributed by atoms with van der Waals surface area (Å²) in [6.07, 6.45) is 7.21. The Morgan fingerprint density at radius 2 is 2.24 bits per heavy atom. The highest BCUT2D eigenvalue weighted by Gasteiger charge is 2.46. The monoisotopic (exact) mass is 326 g/mol. The van der Waals surface area contributed by atoms with Crippen LogP contribution in [-0.4, -0.2) is 32.9 Å². The summed E-state index contributed by atoms with van der Waals surface area (Å²) in [6.45, 7) is 0. The molecule has 0 aliphatic heterocycles. The molecule has 0 saturated heterocycles. The zero-order valence-electron chi connectivity index (χ0n) is 11.7. The van der Waals surface area contributed by atoms with Crippen molar-refractivity contribution < 1.29 is 9.90 Å². The van der Waals surface area contributed by atoms with Crippen LogP contribution in [0.5, 0.6) is 0 Å². The van der Waals surface area contributed by atoms with Crippen molar-refractivity contribution in [2.24, 2.45) is 0 Å². The fourth-order valence-corrected chi connectivity index (χ4v) is 4.30. The lowest BCUT2D eigenvalue weighted by Crippen LogP contribution is -2.56. The number of hydrogen-bond acceptors (Lipinski definition) is 4. The minimum absolute atomic E-state index is 0.287. The van der Waals surface area contributed by atoms with Gasteiger partial charge in [0.1, 0.15) is 5.54 Å². The van der Waals surface area contributed by atoms with Gasteiger partial charge in [-0.15, -0.1) is 11.8 Å². The molecule has 2 saturated carbocycles. The van der Waals surface area contributed by atoms with Crippen LogP contribution in [0.2, 0.25) is 5.02 Å². The second-order valence-corrected chi connectivity index (χ2v) is 7.71. The Morgan fingerprint density at radius 1 is 1.43 bits per heavy atom. The van der Waals surface area contributed by atoms with Gasteiger partial charge in [0.2, 0.25) is 0 Å². The fourth-order valence-electron chi connectivity index (χ4n) is 2.93. The maximum absolute atomic E-state index is 11.8. The summed E-state index contributed by atoms with van der Waals surface area (Å²) in [5.41, 5.74) is -0.747. The van der Waals surface area contributed by atoms with Crippen LogP contribution in [0.3, 0.4) is 0 Å². The largest absolute Gasteiger partial charge is 0.480 e. The average Bonchev–Trinajstić information content (AvgIpc) is 3.25. The molecular weight excluding hydrogens is 308 g/mol. The number of hydrogen-bond donors (Lipinski definition) is 2. The second-order valence-electron chi connectivity index (χ2n) is 5.96. The summed E-state index contributed by atoms with van der Waals surface area (Å²) in [6, 6.07) is 4.13. The first-order valence-corrected chi connectivity index (χ1v) is 8.62. The fraction of sp³-hybridized carbons (Fsp3) is 0.600. The highest BCUT2D eigenvalue weighted by atomic mass is 35.5. The average molecular weight is 327 g/mol. The molecule has 0 aromatic carbocycles. The van der Waals surface area contributed by atoms with Gasteiger partial charge in [-0.25, -0.2) is 4.98 Å². The van der Waals surface area contributed by atoms with E-state index in [1.54, 1.807) is 18.0 Å². The standard InChI is InChI=1S/C15H19ClN2O2S/c16-10-3-6-13(17-9-10)21-12-2-1-7-15(8-12,14(19)20)18-11-4-5-11/h3,6,9,11-12,18H,1-2,4-5,7-8H2,(H,19,20). The molecule has 1 heterocycles. The Kier molecular flexibility index (Phi) is 4.43. The number of aliphatic carboxylic acids is 1. The number of carboxylic acids is 1. The van der Waals surface area contributed by atoms with Crippen LogP contribution in [0.1, 0.15) is 38.5 Å². The number of thioether (sulfide) groups is 1. The van der Waals surface area contributed by atoms with Gasteiger partial charge in [0.25, 0.3) is 0 Å². The number of carbonyl (C=O) groups is 1. The first-order chi connectivity index (χ1) is 10.1. The second kappa shape index (κ2) is 6.15. The first-order valence-electron chi connectivity index (χ1n) is 7.37. The van der Waals surface area contributed by atoms with Gasteiger partial charge in [-0.2, -0.15) is 0 Å². The Bertz CT molecular complexity index is 521. The van der Waals surface area contributed by atoms with Gasteiger partial charge >= 0.3 is 5.97 Å². The molecule has 0 amide bonds. The molecule has 6 heteroatoms. The van der Waals surface area contributed by atoms with Crippen LogP contribution < -0.4 is 5.32 Å². The van der Waals surface area contributed by atoms with Gasteiger partial charge in [-0.05, 0) is 50.7 Å². The summed E-state index contributed by atoms with van der Waals surface area (Å²) in [7, 11) is 0. The Hall–Kier alpha value is -0.780. The highest BCUT2D eigenvalue weighted by molar-refractivity contribution is 7.99. The van der Waals surface area contributed by atoms with E-state index in [2.05, 4.69) is 10.3 Å². The predicted molar refractivity (Wildman–Crippen MR) is 83.9 cm³/mol. The summed E-state index contributed by atoms with van der Waals surface area (Å²) in [5.74, 6) is -0.705. The van der Waals surface area contributed by atoms with Crippen LogP contribution in [0.4, 0.5) is 0 Å².